The summed E-state index contributed by atoms with van der Waals surface area (Å²) < 4.78 is 5.39. The summed E-state index contributed by atoms with van der Waals surface area (Å²) in [4.78, 5) is 13.4. The molecule has 2 N–H and O–H groups in total. The Bertz CT molecular complexity index is 379. The summed E-state index contributed by atoms with van der Waals surface area (Å²) in [5.74, 6) is 1.51. The first-order valence-corrected chi connectivity index (χ1v) is 6.95. The largest absolute Gasteiger partial charge is 0.477 e. The minimum atomic E-state index is 0.602. The lowest BCUT2D eigenvalue weighted by Crippen LogP contribution is -2.47. The van der Waals surface area contributed by atoms with E-state index in [0.29, 0.717) is 12.5 Å². The van der Waals surface area contributed by atoms with E-state index in [4.69, 9.17) is 10.5 Å². The normalized spacial score (nSPS) is 16.6. The van der Waals surface area contributed by atoms with Gasteiger partial charge in [-0.25, -0.2) is 0 Å². The van der Waals surface area contributed by atoms with Gasteiger partial charge in [0.15, 0.2) is 5.82 Å². The second-order valence-corrected chi connectivity index (χ2v) is 4.62. The molecule has 6 heteroatoms. The van der Waals surface area contributed by atoms with Crippen molar-refractivity contribution in [2.45, 2.75) is 13.3 Å². The first kappa shape index (κ1) is 14.0. The molecule has 0 spiro atoms. The van der Waals surface area contributed by atoms with Crippen LogP contribution in [0.2, 0.25) is 0 Å². The molecule has 0 aromatic carbocycles. The predicted molar refractivity (Wildman–Crippen MR) is 75.5 cm³/mol. The van der Waals surface area contributed by atoms with Gasteiger partial charge in [0, 0.05) is 26.2 Å². The number of rotatable bonds is 6. The van der Waals surface area contributed by atoms with Gasteiger partial charge in [0.1, 0.15) is 0 Å². The molecule has 1 saturated heterocycles. The molecular weight excluding hydrogens is 242 g/mol. The van der Waals surface area contributed by atoms with E-state index in [-0.39, 0.29) is 0 Å². The van der Waals surface area contributed by atoms with E-state index in [1.807, 2.05) is 6.92 Å². The second-order valence-electron chi connectivity index (χ2n) is 4.62. The Morgan fingerprint density at radius 3 is 2.74 bits per heavy atom. The van der Waals surface area contributed by atoms with Crippen molar-refractivity contribution in [3.63, 3.8) is 0 Å². The topological polar surface area (TPSA) is 67.5 Å². The molecule has 1 fully saturated rings. The van der Waals surface area contributed by atoms with Gasteiger partial charge in [-0.1, -0.05) is 0 Å². The van der Waals surface area contributed by atoms with Crippen molar-refractivity contribution in [3.8, 4) is 5.88 Å². The molecule has 1 aliphatic heterocycles. The molecule has 106 valence electrons. The number of nitrogens with zero attached hydrogens (tertiary/aromatic N) is 4. The minimum Gasteiger partial charge on any atom is -0.477 e. The molecule has 0 amide bonds. The molecule has 1 aromatic rings. The van der Waals surface area contributed by atoms with E-state index < -0.39 is 0 Å². The maximum absolute atomic E-state index is 5.54. The zero-order chi connectivity index (χ0) is 13.5. The summed E-state index contributed by atoms with van der Waals surface area (Å²) in [6.07, 6.45) is 4.53. The number of piperazine rings is 1. The molecule has 0 atom stereocenters. The molecule has 0 radical (unpaired) electrons. The lowest BCUT2D eigenvalue weighted by atomic mass is 10.3. The molecule has 6 nitrogen and oxygen atoms in total. The van der Waals surface area contributed by atoms with Gasteiger partial charge in [-0.3, -0.25) is 9.88 Å². The van der Waals surface area contributed by atoms with Crippen molar-refractivity contribution in [1.82, 2.24) is 14.9 Å². The van der Waals surface area contributed by atoms with E-state index in [0.717, 1.165) is 51.5 Å². The molecule has 0 saturated carbocycles. The van der Waals surface area contributed by atoms with Crippen LogP contribution in [0.25, 0.3) is 0 Å². The number of nitrogens with two attached hydrogens (primary N) is 1. The molecule has 1 aromatic heterocycles. The van der Waals surface area contributed by atoms with Gasteiger partial charge in [0.05, 0.1) is 19.0 Å². The number of aromatic nitrogens is 2. The smallest absolute Gasteiger partial charge is 0.234 e. The van der Waals surface area contributed by atoms with Crippen molar-refractivity contribution in [3.05, 3.63) is 12.4 Å². The number of hydrogen-bond donors (Lipinski definition) is 1. The Balaban J connectivity index is 1.88. The van der Waals surface area contributed by atoms with E-state index in [1.54, 1.807) is 12.4 Å². The standard InChI is InChI=1S/C13H23N5O/c1-2-19-13-11-15-10-12(16-13)18-8-6-17(7-9-18)5-3-4-14/h10-11H,2-9,14H2,1H3. The van der Waals surface area contributed by atoms with Crippen LogP contribution in [0.3, 0.4) is 0 Å². The summed E-state index contributed by atoms with van der Waals surface area (Å²) >= 11 is 0. The third-order valence-corrected chi connectivity index (χ3v) is 3.27. The van der Waals surface area contributed by atoms with Crippen LogP contribution in [0.4, 0.5) is 5.82 Å². The highest BCUT2D eigenvalue weighted by Gasteiger charge is 2.18. The Morgan fingerprint density at radius 2 is 2.05 bits per heavy atom. The molecule has 2 rings (SSSR count). The molecule has 2 heterocycles. The number of anilines is 1. The Labute approximate surface area is 114 Å². The molecule has 0 aliphatic carbocycles. The second kappa shape index (κ2) is 7.25. The fourth-order valence-electron chi connectivity index (χ4n) is 2.22. The number of ether oxygens (including phenoxy) is 1. The third kappa shape index (κ3) is 4.04. The SMILES string of the molecule is CCOc1cncc(N2CCN(CCCN)CC2)n1. The average molecular weight is 265 g/mol. The first-order chi connectivity index (χ1) is 9.33. The highest BCUT2D eigenvalue weighted by molar-refractivity contribution is 5.38. The van der Waals surface area contributed by atoms with Gasteiger partial charge in [0.25, 0.3) is 0 Å². The van der Waals surface area contributed by atoms with Crippen molar-refractivity contribution in [1.29, 1.82) is 0 Å². The summed E-state index contributed by atoms with van der Waals surface area (Å²) in [6, 6.07) is 0. The summed E-state index contributed by atoms with van der Waals surface area (Å²) in [6.45, 7) is 8.50. The van der Waals surface area contributed by atoms with Crippen LogP contribution in [0, 0.1) is 0 Å². The van der Waals surface area contributed by atoms with Crippen LogP contribution in [0.1, 0.15) is 13.3 Å². The van der Waals surface area contributed by atoms with Crippen LogP contribution in [0.5, 0.6) is 5.88 Å². The van der Waals surface area contributed by atoms with Crippen LogP contribution >= 0.6 is 0 Å². The summed E-state index contributed by atoms with van der Waals surface area (Å²) in [5.41, 5.74) is 5.54. The summed E-state index contributed by atoms with van der Waals surface area (Å²) in [5, 5.41) is 0. The van der Waals surface area contributed by atoms with E-state index in [1.165, 1.54) is 0 Å². The van der Waals surface area contributed by atoms with E-state index in [2.05, 4.69) is 19.8 Å². The monoisotopic (exact) mass is 265 g/mol. The Hall–Kier alpha value is -1.40. The lowest BCUT2D eigenvalue weighted by molar-refractivity contribution is 0.255. The van der Waals surface area contributed by atoms with Crippen molar-refractivity contribution < 1.29 is 4.74 Å². The van der Waals surface area contributed by atoms with Crippen molar-refractivity contribution >= 4 is 5.82 Å². The van der Waals surface area contributed by atoms with Crippen LogP contribution in [-0.2, 0) is 0 Å². The van der Waals surface area contributed by atoms with Crippen molar-refractivity contribution in [2.24, 2.45) is 5.73 Å². The molecule has 19 heavy (non-hydrogen) atoms. The summed E-state index contributed by atoms with van der Waals surface area (Å²) in [7, 11) is 0. The van der Waals surface area contributed by atoms with E-state index in [9.17, 15) is 0 Å². The number of hydrogen-bond acceptors (Lipinski definition) is 6. The van der Waals surface area contributed by atoms with Crippen LogP contribution < -0.4 is 15.4 Å². The Kier molecular flexibility index (Phi) is 5.35. The Morgan fingerprint density at radius 1 is 1.26 bits per heavy atom. The molecule has 1 aliphatic rings. The minimum absolute atomic E-state index is 0.602. The maximum Gasteiger partial charge on any atom is 0.234 e. The highest BCUT2D eigenvalue weighted by atomic mass is 16.5. The fourth-order valence-corrected chi connectivity index (χ4v) is 2.22. The predicted octanol–water partition coefficient (Wildman–Crippen LogP) is 0.346. The van der Waals surface area contributed by atoms with Gasteiger partial charge in [-0.15, -0.1) is 0 Å². The lowest BCUT2D eigenvalue weighted by Gasteiger charge is -2.35. The van der Waals surface area contributed by atoms with E-state index >= 15 is 0 Å². The molecular formula is C13H23N5O. The maximum atomic E-state index is 5.54. The molecule has 0 bridgehead atoms. The van der Waals surface area contributed by atoms with Gasteiger partial charge in [-0.05, 0) is 26.4 Å². The quantitative estimate of drug-likeness (QED) is 0.800. The zero-order valence-corrected chi connectivity index (χ0v) is 11.6. The third-order valence-electron chi connectivity index (χ3n) is 3.27. The highest BCUT2D eigenvalue weighted by Crippen LogP contribution is 2.16. The van der Waals surface area contributed by atoms with Crippen LogP contribution in [0.15, 0.2) is 12.4 Å². The first-order valence-electron chi connectivity index (χ1n) is 6.95. The van der Waals surface area contributed by atoms with Crippen LogP contribution in [-0.4, -0.2) is 60.7 Å². The van der Waals surface area contributed by atoms with Gasteiger partial charge < -0.3 is 15.4 Å². The van der Waals surface area contributed by atoms with Gasteiger partial charge in [-0.2, -0.15) is 4.98 Å². The van der Waals surface area contributed by atoms with Crippen molar-refractivity contribution in [2.75, 3.05) is 50.8 Å². The van der Waals surface area contributed by atoms with Gasteiger partial charge in [0.2, 0.25) is 5.88 Å². The zero-order valence-electron chi connectivity index (χ0n) is 11.6. The van der Waals surface area contributed by atoms with Gasteiger partial charge >= 0.3 is 0 Å². The fraction of sp³-hybridized carbons (Fsp3) is 0.692. The average Bonchev–Trinajstić information content (AvgIpc) is 2.46. The molecule has 0 unspecified atom stereocenters.